The van der Waals surface area contributed by atoms with Crippen molar-refractivity contribution in [1.29, 1.82) is 0 Å². The molecule has 26 heavy (non-hydrogen) atoms. The van der Waals surface area contributed by atoms with Crippen molar-refractivity contribution in [3.05, 3.63) is 52.7 Å². The fraction of sp³-hybridized carbons (Fsp3) is 0.316. The molecular weight excluding hydrogens is 362 g/mol. The van der Waals surface area contributed by atoms with Crippen LogP contribution in [0.3, 0.4) is 0 Å². The van der Waals surface area contributed by atoms with E-state index in [1.165, 1.54) is 27.8 Å². The normalized spacial score (nSPS) is 16.9. The highest BCUT2D eigenvalue weighted by atomic mass is 32.1. The van der Waals surface area contributed by atoms with E-state index >= 15 is 0 Å². The third-order valence-corrected chi connectivity index (χ3v) is 6.57. The van der Waals surface area contributed by atoms with Gasteiger partial charge in [0.05, 0.1) is 11.9 Å². The van der Waals surface area contributed by atoms with Crippen LogP contribution in [0.25, 0.3) is 15.9 Å². The van der Waals surface area contributed by atoms with Gasteiger partial charge in [0.25, 0.3) is 5.65 Å². The third kappa shape index (κ3) is 2.57. The minimum Gasteiger partial charge on any atom is -0.289 e. The number of hydrogen-bond donors (Lipinski definition) is 2. The summed E-state index contributed by atoms with van der Waals surface area (Å²) in [6.45, 7) is 3.04. The topological polar surface area (TPSA) is 46.8 Å². The second-order valence-electron chi connectivity index (χ2n) is 7.01. The molecule has 132 valence electrons. The molecule has 1 unspecified atom stereocenters. The second kappa shape index (κ2) is 6.25. The molecule has 3 heterocycles. The van der Waals surface area contributed by atoms with E-state index < -0.39 is 0 Å². The number of aromatic nitrogens is 4. The van der Waals surface area contributed by atoms with E-state index in [2.05, 4.69) is 42.2 Å². The Morgan fingerprint density at radius 3 is 3.04 bits per heavy atom. The van der Waals surface area contributed by atoms with Crippen molar-refractivity contribution >= 4 is 46.0 Å². The Kier molecular flexibility index (Phi) is 3.86. The molecule has 7 heteroatoms. The van der Waals surface area contributed by atoms with Crippen LogP contribution in [0.2, 0.25) is 0 Å². The number of nitrogens with one attached hydrogen (secondary N) is 1. The van der Waals surface area contributed by atoms with Gasteiger partial charge >= 0.3 is 5.95 Å². The zero-order chi connectivity index (χ0) is 17.7. The van der Waals surface area contributed by atoms with Crippen molar-refractivity contribution in [3.8, 4) is 0 Å². The number of nitrogens with zero attached hydrogens (tertiary/aromatic N) is 4. The lowest BCUT2D eigenvalue weighted by Crippen LogP contribution is -2.34. The molecule has 0 saturated heterocycles. The molecule has 1 aliphatic carbocycles. The number of thiol groups is 1. The summed E-state index contributed by atoms with van der Waals surface area (Å²) in [4.78, 5) is 12.1. The predicted molar refractivity (Wildman–Crippen MR) is 108 cm³/mol. The van der Waals surface area contributed by atoms with Gasteiger partial charge in [-0.15, -0.1) is 20.8 Å². The molecule has 0 amide bonds. The molecule has 3 aromatic heterocycles. The summed E-state index contributed by atoms with van der Waals surface area (Å²) < 4.78 is 3.66. The Balaban J connectivity index is 1.65. The van der Waals surface area contributed by atoms with Gasteiger partial charge in [-0.1, -0.05) is 42.2 Å². The predicted octanol–water partition coefficient (Wildman–Crippen LogP) is 3.66. The molecule has 0 radical (unpaired) electrons. The second-order valence-corrected chi connectivity index (χ2v) is 8.50. The van der Waals surface area contributed by atoms with E-state index in [-0.39, 0.29) is 0 Å². The van der Waals surface area contributed by atoms with E-state index in [9.17, 15) is 0 Å². The fourth-order valence-electron chi connectivity index (χ4n) is 3.77. The van der Waals surface area contributed by atoms with Crippen molar-refractivity contribution in [2.24, 2.45) is 5.92 Å². The summed E-state index contributed by atoms with van der Waals surface area (Å²) in [5, 5.41) is 4.66. The van der Waals surface area contributed by atoms with E-state index in [1.807, 2.05) is 34.1 Å². The largest absolute Gasteiger partial charge is 0.372 e. The average Bonchev–Trinajstić information content (AvgIpc) is 3.21. The summed E-state index contributed by atoms with van der Waals surface area (Å²) in [7, 11) is 0. The van der Waals surface area contributed by atoms with Crippen LogP contribution < -0.4 is 9.83 Å². The number of fused-ring (bicyclic) bond motifs is 5. The molecule has 0 spiro atoms. The Morgan fingerprint density at radius 1 is 1.35 bits per heavy atom. The van der Waals surface area contributed by atoms with Gasteiger partial charge in [0.1, 0.15) is 0 Å². The highest BCUT2D eigenvalue weighted by Gasteiger charge is 2.28. The summed E-state index contributed by atoms with van der Waals surface area (Å²) in [5.41, 5.74) is 3.59. The lowest BCUT2D eigenvalue weighted by atomic mass is 9.89. The highest BCUT2D eigenvalue weighted by molar-refractivity contribution is 7.78. The molecule has 4 aromatic rings. The SMILES string of the molecule is CC1CCc2sc3nc(NCc4ccccc4)[n+]4c(ncn4S)c3c2C1. The number of aryl methyl sites for hydroxylation is 1. The Labute approximate surface area is 161 Å². The van der Waals surface area contributed by atoms with Gasteiger partial charge in [-0.25, -0.2) is 0 Å². The molecule has 0 bridgehead atoms. The molecule has 1 aliphatic rings. The molecule has 0 aliphatic heterocycles. The average molecular weight is 383 g/mol. The molecule has 0 saturated carbocycles. The monoisotopic (exact) mass is 382 g/mol. The standard InChI is InChI=1S/C19H19N5S2/c1-12-7-8-15-14(9-12)16-17-21-11-23(25)24(17)19(22-18(16)26-15)20-10-13-5-3-2-4-6-13/h2-6,11-12,25H,7-10H2,1H3/p+1. The minimum atomic E-state index is 0.711. The van der Waals surface area contributed by atoms with Gasteiger partial charge in [-0.3, -0.25) is 5.32 Å². The number of hydrogen-bond acceptors (Lipinski definition) is 5. The van der Waals surface area contributed by atoms with Crippen molar-refractivity contribution < 1.29 is 4.52 Å². The number of thiophene rings is 1. The summed E-state index contributed by atoms with van der Waals surface area (Å²) in [5.74, 6) is 1.49. The Hall–Kier alpha value is -2.12. The summed E-state index contributed by atoms with van der Waals surface area (Å²) in [6.07, 6.45) is 5.26. The molecule has 5 nitrogen and oxygen atoms in total. The molecule has 1 atom stereocenters. The Morgan fingerprint density at radius 2 is 2.19 bits per heavy atom. The van der Waals surface area contributed by atoms with Crippen LogP contribution in [0.1, 0.15) is 29.3 Å². The third-order valence-electron chi connectivity index (χ3n) is 5.10. The first-order chi connectivity index (χ1) is 12.7. The van der Waals surface area contributed by atoms with E-state index in [1.54, 1.807) is 10.4 Å². The van der Waals surface area contributed by atoms with Crippen LogP contribution >= 0.6 is 24.2 Å². The van der Waals surface area contributed by atoms with Crippen LogP contribution in [0.5, 0.6) is 0 Å². The van der Waals surface area contributed by atoms with E-state index in [0.29, 0.717) is 12.5 Å². The van der Waals surface area contributed by atoms with E-state index in [4.69, 9.17) is 4.98 Å². The van der Waals surface area contributed by atoms with Gasteiger partial charge < -0.3 is 0 Å². The summed E-state index contributed by atoms with van der Waals surface area (Å²) in [6, 6.07) is 10.3. The van der Waals surface area contributed by atoms with Crippen molar-refractivity contribution in [2.45, 2.75) is 32.7 Å². The van der Waals surface area contributed by atoms with Crippen LogP contribution in [-0.4, -0.2) is 14.1 Å². The van der Waals surface area contributed by atoms with Crippen LogP contribution in [-0.2, 0) is 19.4 Å². The van der Waals surface area contributed by atoms with Crippen molar-refractivity contribution in [1.82, 2.24) is 14.1 Å². The Bertz CT molecular complexity index is 1100. The number of benzene rings is 1. The molecule has 0 fully saturated rings. The maximum atomic E-state index is 4.94. The highest BCUT2D eigenvalue weighted by Crippen LogP contribution is 2.38. The summed E-state index contributed by atoms with van der Waals surface area (Å²) >= 11 is 6.37. The zero-order valence-electron chi connectivity index (χ0n) is 14.5. The van der Waals surface area contributed by atoms with Gasteiger partial charge in [0.15, 0.2) is 11.2 Å². The molecule has 1 aromatic carbocycles. The lowest BCUT2D eigenvalue weighted by Gasteiger charge is -2.17. The molecule has 5 rings (SSSR count). The molecular formula is C19H20N5S2+. The maximum absolute atomic E-state index is 4.94. The van der Waals surface area contributed by atoms with Gasteiger partial charge in [0, 0.05) is 4.88 Å². The van der Waals surface area contributed by atoms with Crippen molar-refractivity contribution in [3.63, 3.8) is 0 Å². The smallest absolute Gasteiger partial charge is 0.289 e. The first-order valence-corrected chi connectivity index (χ1v) is 10.1. The van der Waals surface area contributed by atoms with Gasteiger partial charge in [-0.05, 0) is 49.1 Å². The van der Waals surface area contributed by atoms with Crippen LogP contribution in [0.4, 0.5) is 5.95 Å². The number of rotatable bonds is 3. The first-order valence-electron chi connectivity index (χ1n) is 8.91. The van der Waals surface area contributed by atoms with Gasteiger partial charge in [0.2, 0.25) is 0 Å². The maximum Gasteiger partial charge on any atom is 0.372 e. The number of anilines is 1. The fourth-order valence-corrected chi connectivity index (χ4v) is 5.20. The van der Waals surface area contributed by atoms with Gasteiger partial charge in [-0.2, -0.15) is 4.09 Å². The van der Waals surface area contributed by atoms with Crippen LogP contribution in [0, 0.1) is 5.92 Å². The molecule has 1 N–H and O–H groups in total. The zero-order valence-corrected chi connectivity index (χ0v) is 16.2. The van der Waals surface area contributed by atoms with Crippen LogP contribution in [0.15, 0.2) is 36.7 Å². The quantitative estimate of drug-likeness (QED) is 0.420. The van der Waals surface area contributed by atoms with Crippen molar-refractivity contribution in [2.75, 3.05) is 5.32 Å². The van der Waals surface area contributed by atoms with E-state index in [0.717, 1.165) is 29.3 Å². The lowest BCUT2D eigenvalue weighted by molar-refractivity contribution is -0.574. The first kappa shape index (κ1) is 16.1. The minimum absolute atomic E-state index is 0.711.